The normalized spacial score (nSPS) is 24.1. The van der Waals surface area contributed by atoms with Crippen LogP contribution >= 0.6 is 0 Å². The molecule has 2 aromatic rings. The van der Waals surface area contributed by atoms with Crippen molar-refractivity contribution in [1.82, 2.24) is 9.78 Å². The number of rotatable bonds is 4. The van der Waals surface area contributed by atoms with Gasteiger partial charge in [-0.25, -0.2) is 13.1 Å². The number of alkyl halides is 2. The Morgan fingerprint density at radius 3 is 2.68 bits per heavy atom. The van der Waals surface area contributed by atoms with Crippen molar-refractivity contribution < 1.29 is 22.0 Å². The average molecular weight is 451 g/mol. The van der Waals surface area contributed by atoms with Gasteiger partial charge in [0.2, 0.25) is 0 Å². The number of aromatic nitrogens is 2. The van der Waals surface area contributed by atoms with E-state index in [0.717, 1.165) is 30.2 Å². The summed E-state index contributed by atoms with van der Waals surface area (Å²) in [6.45, 7) is 0.308. The maximum absolute atomic E-state index is 13.0. The Balaban J connectivity index is 1.70. The molecule has 0 amide bonds. The van der Waals surface area contributed by atoms with Crippen molar-refractivity contribution in [2.24, 2.45) is 10.7 Å². The third-order valence-electron chi connectivity index (χ3n) is 6.33. The van der Waals surface area contributed by atoms with Crippen LogP contribution in [0.15, 0.2) is 35.5 Å². The summed E-state index contributed by atoms with van der Waals surface area (Å²) in [5.41, 5.74) is 7.50. The zero-order valence-electron chi connectivity index (χ0n) is 17.3. The first kappa shape index (κ1) is 21.6. The molecule has 0 radical (unpaired) electrons. The van der Waals surface area contributed by atoms with Gasteiger partial charge in [0.1, 0.15) is 21.8 Å². The molecule has 0 unspecified atom stereocenters. The third-order valence-corrected chi connectivity index (χ3v) is 8.95. The molecule has 31 heavy (non-hydrogen) atoms. The second-order valence-electron chi connectivity index (χ2n) is 8.70. The monoisotopic (exact) mass is 450 g/mol. The van der Waals surface area contributed by atoms with E-state index in [0.29, 0.717) is 16.7 Å². The van der Waals surface area contributed by atoms with E-state index in [1.165, 1.54) is 6.07 Å². The van der Waals surface area contributed by atoms with Gasteiger partial charge in [0.25, 0.3) is 0 Å². The standard InChI is InChI=1S/C21H24F2N4O3S/c1-20(2)18(24)25-21(12-31(20,29)30)8-3-4-14-6-5-13(10-15(14)21)11-17(28)16-7-9-27(26-16)19(22)23/h5-7,9-10,19H,3-4,8,11-12H2,1-2H3,(H2,24,25)/t21-/m0/s1. The van der Waals surface area contributed by atoms with Crippen LogP contribution in [-0.2, 0) is 28.2 Å². The Bertz CT molecular complexity index is 1190. The number of hydrogen-bond donors (Lipinski definition) is 1. The Kier molecular flexibility index (Phi) is 5.03. The van der Waals surface area contributed by atoms with Gasteiger partial charge in [0.05, 0.1) is 5.75 Å². The predicted molar refractivity (Wildman–Crippen MR) is 112 cm³/mol. The van der Waals surface area contributed by atoms with E-state index in [1.807, 2.05) is 6.07 Å². The van der Waals surface area contributed by atoms with Crippen molar-refractivity contribution in [2.75, 3.05) is 5.75 Å². The molecule has 0 saturated carbocycles. The van der Waals surface area contributed by atoms with Gasteiger partial charge >= 0.3 is 6.55 Å². The first-order chi connectivity index (χ1) is 14.4. The predicted octanol–water partition coefficient (Wildman–Crippen LogP) is 2.80. The van der Waals surface area contributed by atoms with E-state index in [4.69, 9.17) is 10.7 Å². The minimum Gasteiger partial charge on any atom is -0.386 e. The maximum Gasteiger partial charge on any atom is 0.333 e. The van der Waals surface area contributed by atoms with Gasteiger partial charge in [0, 0.05) is 12.6 Å². The molecule has 1 aromatic heterocycles. The Hall–Kier alpha value is -2.62. The molecule has 1 spiro atoms. The highest BCUT2D eigenvalue weighted by Gasteiger charge is 2.51. The fraction of sp³-hybridized carbons (Fsp3) is 0.476. The van der Waals surface area contributed by atoms with E-state index >= 15 is 0 Å². The van der Waals surface area contributed by atoms with Crippen molar-refractivity contribution in [3.63, 3.8) is 0 Å². The molecular formula is C21H24F2N4O3S. The molecule has 0 fully saturated rings. The number of fused-ring (bicyclic) bond motifs is 2. The molecule has 7 nitrogen and oxygen atoms in total. The first-order valence-corrected chi connectivity index (χ1v) is 11.7. The van der Waals surface area contributed by atoms with Gasteiger partial charge in [-0.2, -0.15) is 13.9 Å². The zero-order valence-corrected chi connectivity index (χ0v) is 18.1. The fourth-order valence-electron chi connectivity index (χ4n) is 4.28. The number of carbonyl (C=O) groups excluding carboxylic acids is 1. The molecule has 1 aliphatic heterocycles. The van der Waals surface area contributed by atoms with E-state index in [-0.39, 0.29) is 23.7 Å². The van der Waals surface area contributed by atoms with Crippen molar-refractivity contribution in [1.29, 1.82) is 0 Å². The minimum absolute atomic E-state index is 0.0406. The summed E-state index contributed by atoms with van der Waals surface area (Å²) < 4.78 is 50.7. The van der Waals surface area contributed by atoms with E-state index in [9.17, 15) is 22.0 Å². The van der Waals surface area contributed by atoms with Gasteiger partial charge in [0.15, 0.2) is 15.6 Å². The van der Waals surface area contributed by atoms with Crippen LogP contribution in [0.1, 0.15) is 60.4 Å². The number of benzene rings is 1. The van der Waals surface area contributed by atoms with Crippen LogP contribution in [0.4, 0.5) is 8.78 Å². The SMILES string of the molecule is CC1(C)C(N)=N[C@@]2(CCCc3ccc(CC(=O)c4ccn(C(F)F)n4)cc32)CS1(=O)=O. The first-order valence-electron chi connectivity index (χ1n) is 10.0. The molecule has 2 N–H and O–H groups in total. The summed E-state index contributed by atoms with van der Waals surface area (Å²) in [5.74, 6) is -0.452. The number of halogens is 2. The quantitative estimate of drug-likeness (QED) is 0.721. The Labute approximate surface area is 179 Å². The molecule has 1 aliphatic carbocycles. The van der Waals surface area contributed by atoms with Crippen molar-refractivity contribution in [3.05, 3.63) is 52.8 Å². The van der Waals surface area contributed by atoms with Crippen LogP contribution in [0.2, 0.25) is 0 Å². The van der Waals surface area contributed by atoms with Crippen LogP contribution in [-0.4, -0.2) is 40.3 Å². The van der Waals surface area contributed by atoms with Gasteiger partial charge in [-0.05, 0) is 55.9 Å². The van der Waals surface area contributed by atoms with E-state index in [2.05, 4.69) is 5.10 Å². The molecule has 0 bridgehead atoms. The van der Waals surface area contributed by atoms with E-state index in [1.54, 1.807) is 26.0 Å². The molecular weight excluding hydrogens is 426 g/mol. The highest BCUT2D eigenvalue weighted by molar-refractivity contribution is 7.93. The molecule has 1 aromatic carbocycles. The summed E-state index contributed by atoms with van der Waals surface area (Å²) in [6, 6.07) is 6.75. The number of nitrogens with zero attached hydrogens (tertiary/aromatic N) is 3. The van der Waals surface area contributed by atoms with Crippen molar-refractivity contribution in [3.8, 4) is 0 Å². The highest BCUT2D eigenvalue weighted by atomic mass is 32.2. The zero-order chi connectivity index (χ0) is 22.6. The van der Waals surface area contributed by atoms with Crippen LogP contribution in [0.25, 0.3) is 0 Å². The third kappa shape index (κ3) is 3.56. The largest absolute Gasteiger partial charge is 0.386 e. The summed E-state index contributed by atoms with van der Waals surface area (Å²) in [4.78, 5) is 17.3. The summed E-state index contributed by atoms with van der Waals surface area (Å²) in [7, 11) is -3.55. The van der Waals surface area contributed by atoms with Crippen LogP contribution < -0.4 is 5.73 Å². The summed E-state index contributed by atoms with van der Waals surface area (Å²) >= 11 is 0. The molecule has 1 atom stereocenters. The van der Waals surface area contributed by atoms with Gasteiger partial charge < -0.3 is 5.73 Å². The number of Topliss-reactive ketones (excluding diaryl/α,β-unsaturated/α-hetero) is 1. The van der Waals surface area contributed by atoms with Crippen molar-refractivity contribution in [2.45, 2.75) is 56.4 Å². The van der Waals surface area contributed by atoms with Crippen LogP contribution in [0.5, 0.6) is 0 Å². The lowest BCUT2D eigenvalue weighted by atomic mass is 9.76. The lowest BCUT2D eigenvalue weighted by molar-refractivity contribution is 0.0560. The number of sulfone groups is 1. The molecule has 2 heterocycles. The smallest absolute Gasteiger partial charge is 0.333 e. The second-order valence-corrected chi connectivity index (χ2v) is 11.2. The van der Waals surface area contributed by atoms with Gasteiger partial charge in [-0.15, -0.1) is 0 Å². The number of amidine groups is 1. The number of hydrogen-bond acceptors (Lipinski definition) is 6. The van der Waals surface area contributed by atoms with Crippen molar-refractivity contribution >= 4 is 21.5 Å². The minimum atomic E-state index is -3.55. The average Bonchev–Trinajstić information content (AvgIpc) is 3.18. The summed E-state index contributed by atoms with van der Waals surface area (Å²) in [6.07, 6.45) is 3.13. The van der Waals surface area contributed by atoms with Crippen LogP contribution in [0.3, 0.4) is 0 Å². The molecule has 0 saturated heterocycles. The summed E-state index contributed by atoms with van der Waals surface area (Å²) in [5, 5.41) is 3.62. The number of nitrogens with two attached hydrogens (primary N) is 1. The topological polar surface area (TPSA) is 107 Å². The lowest BCUT2D eigenvalue weighted by Gasteiger charge is -2.43. The Morgan fingerprint density at radius 2 is 2.03 bits per heavy atom. The maximum atomic E-state index is 13.0. The van der Waals surface area contributed by atoms with Gasteiger partial charge in [-0.3, -0.25) is 9.79 Å². The molecule has 166 valence electrons. The molecule has 4 rings (SSSR count). The Morgan fingerprint density at radius 1 is 1.29 bits per heavy atom. The number of aryl methyl sites for hydroxylation is 1. The van der Waals surface area contributed by atoms with Gasteiger partial charge in [-0.1, -0.05) is 18.2 Å². The van der Waals surface area contributed by atoms with E-state index < -0.39 is 32.5 Å². The highest BCUT2D eigenvalue weighted by Crippen LogP contribution is 2.44. The fourth-order valence-corrected chi connectivity index (χ4v) is 6.00. The lowest BCUT2D eigenvalue weighted by Crippen LogP contribution is -2.56. The molecule has 2 aliphatic rings. The number of ketones is 1. The molecule has 10 heteroatoms. The second kappa shape index (κ2) is 7.22. The number of carbonyl (C=O) groups is 1. The number of aliphatic imine (C=N–C) groups is 1. The van der Waals surface area contributed by atoms with Crippen LogP contribution in [0, 0.1) is 0 Å².